The predicted molar refractivity (Wildman–Crippen MR) is 83.3 cm³/mol. The first-order valence-corrected chi connectivity index (χ1v) is 7.29. The number of carboxylic acid groups (broad SMARTS) is 1. The van der Waals surface area contributed by atoms with Crippen molar-refractivity contribution in [2.45, 2.75) is 20.0 Å². The van der Waals surface area contributed by atoms with Crippen molar-refractivity contribution in [1.29, 1.82) is 0 Å². The number of aliphatic carboxylic acids is 1. The molecule has 1 heterocycles. The molecule has 2 rings (SSSR count). The molecule has 0 bridgehead atoms. The van der Waals surface area contributed by atoms with Gasteiger partial charge in [0.15, 0.2) is 0 Å². The van der Waals surface area contributed by atoms with Gasteiger partial charge in [0, 0.05) is 13.1 Å². The van der Waals surface area contributed by atoms with Gasteiger partial charge in [-0.2, -0.15) is 0 Å². The van der Waals surface area contributed by atoms with Crippen LogP contribution in [-0.2, 0) is 27.4 Å². The van der Waals surface area contributed by atoms with Crippen LogP contribution in [-0.4, -0.2) is 45.9 Å². The second-order valence-corrected chi connectivity index (χ2v) is 4.90. The Bertz CT molecular complexity index is 762. The lowest BCUT2D eigenvalue weighted by atomic mass is 10.3. The summed E-state index contributed by atoms with van der Waals surface area (Å²) < 4.78 is 7.86. The summed E-state index contributed by atoms with van der Waals surface area (Å²) in [6, 6.07) is 7.30. The van der Waals surface area contributed by atoms with E-state index in [1.165, 1.54) is 4.57 Å². The Morgan fingerprint density at radius 2 is 1.87 bits per heavy atom. The maximum Gasteiger partial charge on any atom is 0.329 e. The minimum Gasteiger partial charge on any atom is -0.480 e. The quantitative estimate of drug-likeness (QED) is 0.668. The summed E-state index contributed by atoms with van der Waals surface area (Å²) in [6.45, 7) is 2.19. The highest BCUT2D eigenvalue weighted by molar-refractivity contribution is 5.80. The van der Waals surface area contributed by atoms with E-state index in [-0.39, 0.29) is 31.3 Å². The number of benzene rings is 1. The van der Waals surface area contributed by atoms with Crippen molar-refractivity contribution in [1.82, 2.24) is 14.5 Å². The van der Waals surface area contributed by atoms with Crippen molar-refractivity contribution in [3.8, 4) is 0 Å². The third kappa shape index (κ3) is 3.98. The number of carbonyl (C=O) groups excluding carboxylic acids is 1. The first-order chi connectivity index (χ1) is 11.0. The van der Waals surface area contributed by atoms with Crippen LogP contribution in [0.4, 0.5) is 0 Å². The van der Waals surface area contributed by atoms with E-state index in [2.05, 4.69) is 5.32 Å². The number of amides is 1. The Balaban J connectivity index is 2.01. The Morgan fingerprint density at radius 1 is 1.22 bits per heavy atom. The van der Waals surface area contributed by atoms with Gasteiger partial charge in [-0.1, -0.05) is 12.1 Å². The largest absolute Gasteiger partial charge is 0.480 e. The van der Waals surface area contributed by atoms with Gasteiger partial charge in [0.05, 0.1) is 17.6 Å². The Hall–Kier alpha value is -2.61. The van der Waals surface area contributed by atoms with Gasteiger partial charge in [-0.3, -0.25) is 13.9 Å². The maximum atomic E-state index is 12.4. The lowest BCUT2D eigenvalue weighted by Gasteiger charge is -2.06. The summed E-state index contributed by atoms with van der Waals surface area (Å²) in [4.78, 5) is 34.6. The Morgan fingerprint density at radius 3 is 2.48 bits per heavy atom. The third-order valence-corrected chi connectivity index (χ3v) is 3.34. The zero-order chi connectivity index (χ0) is 16.8. The minimum absolute atomic E-state index is 0.0920. The van der Waals surface area contributed by atoms with Crippen molar-refractivity contribution in [2.24, 2.45) is 0 Å². The molecule has 0 fully saturated rings. The van der Waals surface area contributed by atoms with E-state index in [1.807, 2.05) is 25.1 Å². The van der Waals surface area contributed by atoms with Crippen LogP contribution in [0.5, 0.6) is 0 Å². The van der Waals surface area contributed by atoms with Crippen molar-refractivity contribution >= 4 is 22.9 Å². The van der Waals surface area contributed by atoms with E-state index in [9.17, 15) is 14.4 Å². The van der Waals surface area contributed by atoms with Crippen LogP contribution in [0.3, 0.4) is 0 Å². The molecule has 124 valence electrons. The molecule has 0 atom stereocenters. The number of carboxylic acids is 1. The molecular formula is C15H19N3O5. The molecule has 1 amide bonds. The molecule has 2 N–H and O–H groups in total. The lowest BCUT2D eigenvalue weighted by Crippen LogP contribution is -2.34. The Kier molecular flexibility index (Phi) is 5.53. The van der Waals surface area contributed by atoms with E-state index in [4.69, 9.17) is 9.84 Å². The number of imidazole rings is 1. The number of carbonyl (C=O) groups is 2. The molecule has 23 heavy (non-hydrogen) atoms. The average molecular weight is 321 g/mol. The molecule has 0 radical (unpaired) electrons. The Labute approximate surface area is 132 Å². The molecule has 0 aliphatic heterocycles. The molecule has 0 aliphatic rings. The molecule has 1 aromatic heterocycles. The third-order valence-electron chi connectivity index (χ3n) is 3.34. The fourth-order valence-corrected chi connectivity index (χ4v) is 2.35. The molecule has 2 aromatic rings. The number of nitrogens with zero attached hydrogens (tertiary/aromatic N) is 2. The standard InChI is InChI=1S/C15H19N3O5/c1-2-17-11-5-3-4-6-12(11)18(15(17)22)9-13(19)16-7-8-23-10-14(20)21/h3-6H,2,7-10H2,1H3,(H,16,19)(H,20,21). The summed E-state index contributed by atoms with van der Waals surface area (Å²) in [5.41, 5.74) is 1.26. The maximum absolute atomic E-state index is 12.4. The molecule has 1 aromatic carbocycles. The molecular weight excluding hydrogens is 302 g/mol. The van der Waals surface area contributed by atoms with Crippen molar-refractivity contribution in [3.05, 3.63) is 34.7 Å². The van der Waals surface area contributed by atoms with Crippen molar-refractivity contribution in [2.75, 3.05) is 19.8 Å². The van der Waals surface area contributed by atoms with Crippen molar-refractivity contribution in [3.63, 3.8) is 0 Å². The van der Waals surface area contributed by atoms with Crippen LogP contribution in [0.2, 0.25) is 0 Å². The van der Waals surface area contributed by atoms with E-state index in [0.717, 1.165) is 5.52 Å². The topological polar surface area (TPSA) is 103 Å². The summed E-state index contributed by atoms with van der Waals surface area (Å²) in [5, 5.41) is 11.0. The first-order valence-electron chi connectivity index (χ1n) is 7.29. The predicted octanol–water partition coefficient (Wildman–Crippen LogP) is 0.0403. The normalized spacial score (nSPS) is 10.8. The lowest BCUT2D eigenvalue weighted by molar-refractivity contribution is -0.142. The van der Waals surface area contributed by atoms with Gasteiger partial charge in [-0.05, 0) is 19.1 Å². The monoisotopic (exact) mass is 321 g/mol. The number of aryl methyl sites for hydroxylation is 1. The number of aromatic nitrogens is 2. The van der Waals surface area contributed by atoms with E-state index in [1.54, 1.807) is 10.6 Å². The zero-order valence-electron chi connectivity index (χ0n) is 12.8. The number of nitrogens with one attached hydrogen (secondary N) is 1. The number of hydrogen-bond donors (Lipinski definition) is 2. The number of rotatable bonds is 8. The number of hydrogen-bond acceptors (Lipinski definition) is 4. The summed E-state index contributed by atoms with van der Waals surface area (Å²) in [6.07, 6.45) is 0. The van der Waals surface area contributed by atoms with E-state index < -0.39 is 12.6 Å². The molecule has 0 unspecified atom stereocenters. The van der Waals surface area contributed by atoms with Gasteiger partial charge in [-0.25, -0.2) is 9.59 Å². The summed E-state index contributed by atoms with van der Waals surface area (Å²) >= 11 is 0. The SMILES string of the molecule is CCn1c(=O)n(CC(=O)NCCOCC(=O)O)c2ccccc21. The van der Waals surface area contributed by atoms with Gasteiger partial charge < -0.3 is 15.2 Å². The average Bonchev–Trinajstić information content (AvgIpc) is 2.79. The zero-order valence-corrected chi connectivity index (χ0v) is 12.8. The van der Waals surface area contributed by atoms with Crippen LogP contribution in [0.1, 0.15) is 6.92 Å². The number of ether oxygens (including phenoxy) is 1. The highest BCUT2D eigenvalue weighted by Crippen LogP contribution is 2.12. The van der Waals surface area contributed by atoms with Crippen molar-refractivity contribution < 1.29 is 19.4 Å². The van der Waals surface area contributed by atoms with E-state index >= 15 is 0 Å². The van der Waals surface area contributed by atoms with E-state index in [0.29, 0.717) is 12.1 Å². The van der Waals surface area contributed by atoms with Gasteiger partial charge >= 0.3 is 11.7 Å². The minimum atomic E-state index is -1.06. The highest BCUT2D eigenvalue weighted by atomic mass is 16.5. The van der Waals surface area contributed by atoms with Crippen LogP contribution in [0.25, 0.3) is 11.0 Å². The molecule has 0 aliphatic carbocycles. The van der Waals surface area contributed by atoms with Gasteiger partial charge in [-0.15, -0.1) is 0 Å². The molecule has 0 saturated carbocycles. The smallest absolute Gasteiger partial charge is 0.329 e. The molecule has 0 saturated heterocycles. The second kappa shape index (κ2) is 7.59. The molecule has 8 nitrogen and oxygen atoms in total. The van der Waals surface area contributed by atoms with Crippen LogP contribution in [0.15, 0.2) is 29.1 Å². The number of fused-ring (bicyclic) bond motifs is 1. The van der Waals surface area contributed by atoms with Gasteiger partial charge in [0.1, 0.15) is 13.2 Å². The number of para-hydroxylation sites is 2. The fraction of sp³-hybridized carbons (Fsp3) is 0.400. The fourth-order valence-electron chi connectivity index (χ4n) is 2.35. The highest BCUT2D eigenvalue weighted by Gasteiger charge is 2.14. The van der Waals surface area contributed by atoms with Gasteiger partial charge in [0.25, 0.3) is 0 Å². The second-order valence-electron chi connectivity index (χ2n) is 4.90. The first kappa shape index (κ1) is 16.8. The molecule has 8 heteroatoms. The van der Waals surface area contributed by atoms with Crippen LogP contribution >= 0.6 is 0 Å². The summed E-state index contributed by atoms with van der Waals surface area (Å²) in [5.74, 6) is -1.39. The van der Waals surface area contributed by atoms with Gasteiger partial charge in [0.2, 0.25) is 5.91 Å². The summed E-state index contributed by atoms with van der Waals surface area (Å²) in [7, 11) is 0. The molecule has 0 spiro atoms. The van der Waals surface area contributed by atoms with Crippen LogP contribution in [0, 0.1) is 0 Å². The van der Waals surface area contributed by atoms with Crippen LogP contribution < -0.4 is 11.0 Å².